The predicted octanol–water partition coefficient (Wildman–Crippen LogP) is 4.45. The number of aliphatic carboxylic acids is 1. The smallest absolute Gasteiger partial charge is 0.328 e. The van der Waals surface area contributed by atoms with E-state index in [1.54, 1.807) is 0 Å². The van der Waals surface area contributed by atoms with Crippen molar-refractivity contribution in [3.63, 3.8) is 0 Å². The van der Waals surface area contributed by atoms with E-state index in [0.29, 0.717) is 10.4 Å². The second-order valence-electron chi connectivity index (χ2n) is 6.03. The Morgan fingerprint density at radius 3 is 2.62 bits per heavy atom. The van der Waals surface area contributed by atoms with E-state index in [2.05, 4.69) is 18.7 Å². The van der Waals surface area contributed by atoms with E-state index in [-0.39, 0.29) is 0 Å². The molecule has 0 atom stereocenters. The molecular weight excluding hydrogens is 286 g/mol. The number of carboxylic acid groups (broad SMARTS) is 1. The molecule has 0 unspecified atom stereocenters. The topological polar surface area (TPSA) is 40.5 Å². The van der Waals surface area contributed by atoms with E-state index in [1.165, 1.54) is 25.3 Å². The van der Waals surface area contributed by atoms with Crippen molar-refractivity contribution < 1.29 is 9.90 Å². The number of carbonyl (C=O) groups is 1. The van der Waals surface area contributed by atoms with Gasteiger partial charge in [-0.1, -0.05) is 37.9 Å². The highest BCUT2D eigenvalue weighted by Gasteiger charge is 2.28. The molecule has 1 aliphatic rings. The molecule has 3 nitrogen and oxygen atoms in total. The van der Waals surface area contributed by atoms with Crippen molar-refractivity contribution in [2.75, 3.05) is 18.0 Å². The van der Waals surface area contributed by atoms with E-state index in [1.807, 2.05) is 18.2 Å². The van der Waals surface area contributed by atoms with Crippen molar-refractivity contribution in [1.82, 2.24) is 0 Å². The highest BCUT2D eigenvalue weighted by Crippen LogP contribution is 2.36. The monoisotopic (exact) mass is 307 g/mol. The number of hydrogen-bond acceptors (Lipinski definition) is 2. The molecule has 21 heavy (non-hydrogen) atoms. The third kappa shape index (κ3) is 4.01. The van der Waals surface area contributed by atoms with Crippen molar-refractivity contribution in [2.45, 2.75) is 33.1 Å². The fourth-order valence-electron chi connectivity index (χ4n) is 2.67. The van der Waals surface area contributed by atoms with Crippen LogP contribution in [0.1, 0.15) is 38.7 Å². The Balaban J connectivity index is 2.09. The van der Waals surface area contributed by atoms with E-state index in [0.717, 1.165) is 30.4 Å². The zero-order chi connectivity index (χ0) is 15.5. The van der Waals surface area contributed by atoms with Gasteiger partial charge in [0.05, 0.1) is 0 Å². The van der Waals surface area contributed by atoms with Crippen LogP contribution in [0.15, 0.2) is 24.3 Å². The maximum atomic E-state index is 10.5. The Bertz CT molecular complexity index is 546. The van der Waals surface area contributed by atoms with E-state index >= 15 is 0 Å². The molecule has 0 bridgehead atoms. The Morgan fingerprint density at radius 1 is 1.43 bits per heavy atom. The molecule has 0 amide bonds. The predicted molar refractivity (Wildman–Crippen MR) is 88.0 cm³/mol. The van der Waals surface area contributed by atoms with Crippen LogP contribution >= 0.6 is 11.6 Å². The number of hydrogen-bond donors (Lipinski definition) is 1. The highest BCUT2D eigenvalue weighted by atomic mass is 35.5. The molecule has 1 saturated heterocycles. The first-order valence-electron chi connectivity index (χ1n) is 7.39. The van der Waals surface area contributed by atoms with Gasteiger partial charge in [0.25, 0.3) is 0 Å². The molecule has 114 valence electrons. The molecule has 1 aromatic rings. The van der Waals surface area contributed by atoms with Gasteiger partial charge in [-0.3, -0.25) is 0 Å². The minimum atomic E-state index is -0.968. The molecule has 1 heterocycles. The number of anilines is 1. The van der Waals surface area contributed by atoms with Gasteiger partial charge in [0.15, 0.2) is 0 Å². The number of carboxylic acids is 1. The fourth-order valence-corrected chi connectivity index (χ4v) is 2.91. The normalized spacial score (nSPS) is 18.1. The summed E-state index contributed by atoms with van der Waals surface area (Å²) >= 11 is 6.24. The summed E-state index contributed by atoms with van der Waals surface area (Å²) in [6.07, 6.45) is 6.25. The van der Waals surface area contributed by atoms with Crippen LogP contribution in [0.2, 0.25) is 5.02 Å². The highest BCUT2D eigenvalue weighted by molar-refractivity contribution is 6.32. The lowest BCUT2D eigenvalue weighted by molar-refractivity contribution is -0.131. The van der Waals surface area contributed by atoms with Gasteiger partial charge in [-0.05, 0) is 42.0 Å². The summed E-state index contributed by atoms with van der Waals surface area (Å²) < 4.78 is 0. The number of rotatable bonds is 4. The number of piperidine rings is 1. The summed E-state index contributed by atoms with van der Waals surface area (Å²) in [5, 5.41) is 9.25. The van der Waals surface area contributed by atoms with Crippen molar-refractivity contribution in [3.05, 3.63) is 34.9 Å². The third-order valence-corrected chi connectivity index (χ3v) is 4.91. The Morgan fingerprint density at radius 2 is 2.10 bits per heavy atom. The molecule has 0 radical (unpaired) electrons. The molecule has 1 aliphatic heterocycles. The molecular formula is C17H22ClNO2. The Labute approximate surface area is 131 Å². The van der Waals surface area contributed by atoms with Crippen molar-refractivity contribution in [1.29, 1.82) is 0 Å². The second-order valence-corrected chi connectivity index (χ2v) is 6.44. The number of benzene rings is 1. The molecule has 1 aromatic carbocycles. The summed E-state index contributed by atoms with van der Waals surface area (Å²) in [6.45, 7) is 6.71. The average molecular weight is 308 g/mol. The third-order valence-electron chi connectivity index (χ3n) is 4.58. The van der Waals surface area contributed by atoms with Crippen LogP contribution in [0.25, 0.3) is 6.08 Å². The summed E-state index contributed by atoms with van der Waals surface area (Å²) in [7, 11) is 0. The van der Waals surface area contributed by atoms with E-state index in [9.17, 15) is 4.79 Å². The van der Waals surface area contributed by atoms with Crippen LogP contribution in [-0.4, -0.2) is 24.2 Å². The van der Waals surface area contributed by atoms with Crippen LogP contribution in [0, 0.1) is 5.41 Å². The Hall–Kier alpha value is -1.48. The van der Waals surface area contributed by atoms with Gasteiger partial charge in [-0.2, -0.15) is 0 Å². The van der Waals surface area contributed by atoms with Gasteiger partial charge in [0.1, 0.15) is 0 Å². The van der Waals surface area contributed by atoms with E-state index in [4.69, 9.17) is 16.7 Å². The van der Waals surface area contributed by atoms with Crippen molar-refractivity contribution in [2.24, 2.45) is 5.41 Å². The minimum absolute atomic E-state index is 0.463. The lowest BCUT2D eigenvalue weighted by atomic mass is 9.78. The number of halogens is 1. The largest absolute Gasteiger partial charge is 0.478 e. The molecule has 4 heteroatoms. The molecule has 1 N–H and O–H groups in total. The van der Waals surface area contributed by atoms with Gasteiger partial charge >= 0.3 is 5.97 Å². The SMILES string of the molecule is CCC1(C)CCN(c2ccc(/C=C/C(=O)O)c(Cl)c2)CC1. The summed E-state index contributed by atoms with van der Waals surface area (Å²) in [5.41, 5.74) is 2.31. The average Bonchev–Trinajstić information content (AvgIpc) is 2.46. The van der Waals surface area contributed by atoms with Crippen LogP contribution in [0.3, 0.4) is 0 Å². The molecule has 0 spiro atoms. The quantitative estimate of drug-likeness (QED) is 0.835. The fraction of sp³-hybridized carbons (Fsp3) is 0.471. The lowest BCUT2D eigenvalue weighted by Crippen LogP contribution is -2.38. The Kier molecular flexibility index (Phi) is 4.94. The van der Waals surface area contributed by atoms with Crippen LogP contribution < -0.4 is 4.90 Å². The van der Waals surface area contributed by atoms with Gasteiger partial charge in [0.2, 0.25) is 0 Å². The molecule has 0 saturated carbocycles. The second kappa shape index (κ2) is 6.52. The standard InChI is InChI=1S/C17H22ClNO2/c1-3-17(2)8-10-19(11-9-17)14-6-4-13(15(18)12-14)5-7-16(20)21/h4-7,12H,3,8-11H2,1-2H3,(H,20,21)/b7-5+. The molecule has 0 aromatic heterocycles. The molecule has 2 rings (SSSR count). The summed E-state index contributed by atoms with van der Waals surface area (Å²) in [4.78, 5) is 12.9. The molecule has 1 fully saturated rings. The minimum Gasteiger partial charge on any atom is -0.478 e. The number of nitrogens with zero attached hydrogens (tertiary/aromatic N) is 1. The van der Waals surface area contributed by atoms with Crippen molar-refractivity contribution in [3.8, 4) is 0 Å². The zero-order valence-electron chi connectivity index (χ0n) is 12.6. The lowest BCUT2D eigenvalue weighted by Gasteiger charge is -2.40. The summed E-state index contributed by atoms with van der Waals surface area (Å²) in [6, 6.07) is 5.82. The first-order valence-corrected chi connectivity index (χ1v) is 7.77. The molecule has 0 aliphatic carbocycles. The van der Waals surface area contributed by atoms with Crippen LogP contribution in [-0.2, 0) is 4.79 Å². The maximum Gasteiger partial charge on any atom is 0.328 e. The zero-order valence-corrected chi connectivity index (χ0v) is 13.4. The summed E-state index contributed by atoms with van der Waals surface area (Å²) in [5.74, 6) is -0.968. The van der Waals surface area contributed by atoms with Crippen molar-refractivity contribution >= 4 is 29.3 Å². The maximum absolute atomic E-state index is 10.5. The first kappa shape index (κ1) is 15.9. The van der Waals surface area contributed by atoms with Gasteiger partial charge < -0.3 is 10.0 Å². The van der Waals surface area contributed by atoms with Crippen LogP contribution in [0.4, 0.5) is 5.69 Å². The van der Waals surface area contributed by atoms with E-state index < -0.39 is 5.97 Å². The van der Waals surface area contributed by atoms with Gasteiger partial charge in [-0.25, -0.2) is 4.79 Å². The van der Waals surface area contributed by atoms with Gasteiger partial charge in [-0.15, -0.1) is 0 Å². The first-order chi connectivity index (χ1) is 9.93. The van der Waals surface area contributed by atoms with Crippen LogP contribution in [0.5, 0.6) is 0 Å². The van der Waals surface area contributed by atoms with Gasteiger partial charge in [0, 0.05) is 29.9 Å².